The van der Waals surface area contributed by atoms with Crippen molar-refractivity contribution in [1.82, 2.24) is 4.98 Å². The van der Waals surface area contributed by atoms with E-state index >= 15 is 0 Å². The van der Waals surface area contributed by atoms with Crippen LogP contribution >= 0.6 is 0 Å². The summed E-state index contributed by atoms with van der Waals surface area (Å²) in [5.74, 6) is 0.665. The van der Waals surface area contributed by atoms with Gasteiger partial charge in [-0.05, 0) is 6.07 Å². The van der Waals surface area contributed by atoms with Crippen molar-refractivity contribution in [3.8, 4) is 5.88 Å². The maximum Gasteiger partial charge on any atom is 0.212 e. The minimum Gasteiger partial charge on any atom is -0.481 e. The largest absolute Gasteiger partial charge is 0.481 e. The average Bonchev–Trinajstić information content (AvgIpc) is 2.07. The molecule has 2 nitrogen and oxygen atoms in total. The predicted molar refractivity (Wildman–Crippen MR) is 46.7 cm³/mol. The third-order valence-corrected chi connectivity index (χ3v) is 1.41. The molecule has 1 radical (unpaired) electrons. The summed E-state index contributed by atoms with van der Waals surface area (Å²) in [7, 11) is 3.73. The van der Waals surface area contributed by atoms with Gasteiger partial charge < -0.3 is 4.74 Å². The van der Waals surface area contributed by atoms with E-state index in [4.69, 9.17) is 4.74 Å². The van der Waals surface area contributed by atoms with Crippen molar-refractivity contribution in [2.45, 2.75) is 13.2 Å². The molecule has 3 heteroatoms. The van der Waals surface area contributed by atoms with E-state index in [0.29, 0.717) is 5.88 Å². The molecule has 0 unspecified atom stereocenters. The second-order valence-corrected chi connectivity index (χ2v) is 2.25. The van der Waals surface area contributed by atoms with Crippen LogP contribution < -0.4 is 10.2 Å². The van der Waals surface area contributed by atoms with Gasteiger partial charge in [0.05, 0.1) is 7.11 Å². The van der Waals surface area contributed by atoms with Gasteiger partial charge in [0.25, 0.3) is 0 Å². The van der Waals surface area contributed by atoms with E-state index in [1.165, 1.54) is 0 Å². The third kappa shape index (κ3) is 2.26. The predicted octanol–water partition coefficient (Wildman–Crippen LogP) is 0.858. The summed E-state index contributed by atoms with van der Waals surface area (Å²) in [6, 6.07) is 3.86. The highest BCUT2D eigenvalue weighted by atomic mass is 16.5. The van der Waals surface area contributed by atoms with E-state index in [1.807, 2.05) is 18.3 Å². The van der Waals surface area contributed by atoms with Crippen LogP contribution in [0.1, 0.15) is 6.92 Å². The fourth-order valence-electron chi connectivity index (χ4n) is 0.869. The van der Waals surface area contributed by atoms with Crippen molar-refractivity contribution in [3.05, 3.63) is 18.3 Å². The summed E-state index contributed by atoms with van der Waals surface area (Å²) in [6.45, 7) is 2.10. The molecule has 0 aliphatic carbocycles. The van der Waals surface area contributed by atoms with Gasteiger partial charge in [-0.3, -0.25) is 0 Å². The lowest BCUT2D eigenvalue weighted by Gasteiger charge is -1.98. The maximum atomic E-state index is 4.92. The summed E-state index contributed by atoms with van der Waals surface area (Å²) in [4.78, 5) is 4.06. The van der Waals surface area contributed by atoms with E-state index < -0.39 is 0 Å². The SMILES string of the molecule is CC[B]c1ccc(OC)nc1. The second-order valence-electron chi connectivity index (χ2n) is 2.25. The highest BCUT2D eigenvalue weighted by Crippen LogP contribution is 1.99. The topological polar surface area (TPSA) is 22.1 Å². The molecule has 0 saturated heterocycles. The molecule has 0 spiro atoms. The Morgan fingerprint density at radius 2 is 2.36 bits per heavy atom. The molecule has 1 heterocycles. The van der Waals surface area contributed by atoms with Gasteiger partial charge in [0, 0.05) is 6.20 Å². The van der Waals surface area contributed by atoms with E-state index in [0.717, 1.165) is 11.8 Å². The smallest absolute Gasteiger partial charge is 0.212 e. The molecule has 0 atom stereocenters. The Morgan fingerprint density at radius 3 is 2.82 bits per heavy atom. The van der Waals surface area contributed by atoms with Crippen LogP contribution in [0.15, 0.2) is 18.3 Å². The van der Waals surface area contributed by atoms with Crippen molar-refractivity contribution in [2.24, 2.45) is 0 Å². The highest BCUT2D eigenvalue weighted by Gasteiger charge is 1.94. The molecule has 0 bridgehead atoms. The number of hydrogen-bond donors (Lipinski definition) is 0. The summed E-state index contributed by atoms with van der Waals surface area (Å²) in [5, 5.41) is 0. The fourth-order valence-corrected chi connectivity index (χ4v) is 0.869. The lowest BCUT2D eigenvalue weighted by atomic mass is 9.69. The highest BCUT2D eigenvalue weighted by molar-refractivity contribution is 6.53. The molecule has 0 fully saturated rings. The molecule has 11 heavy (non-hydrogen) atoms. The Hall–Kier alpha value is -0.985. The zero-order valence-electron chi connectivity index (χ0n) is 6.87. The number of nitrogens with zero attached hydrogens (tertiary/aromatic N) is 1. The number of aromatic nitrogens is 1. The van der Waals surface area contributed by atoms with Gasteiger partial charge in [0.2, 0.25) is 5.88 Å². The Labute approximate surface area is 67.8 Å². The van der Waals surface area contributed by atoms with Crippen LogP contribution in [0.5, 0.6) is 5.88 Å². The molecular formula is C8H11BNO. The van der Waals surface area contributed by atoms with E-state index in [2.05, 4.69) is 19.2 Å². The van der Waals surface area contributed by atoms with Crippen molar-refractivity contribution in [2.75, 3.05) is 7.11 Å². The quantitative estimate of drug-likeness (QED) is 0.593. The first kappa shape index (κ1) is 8.11. The maximum absolute atomic E-state index is 4.92. The number of methoxy groups -OCH3 is 1. The molecular weight excluding hydrogens is 137 g/mol. The van der Waals surface area contributed by atoms with Gasteiger partial charge in [0.15, 0.2) is 7.28 Å². The second kappa shape index (κ2) is 4.01. The number of pyridine rings is 1. The van der Waals surface area contributed by atoms with E-state index in [-0.39, 0.29) is 0 Å². The fraction of sp³-hybridized carbons (Fsp3) is 0.375. The van der Waals surface area contributed by atoms with Gasteiger partial charge in [-0.2, -0.15) is 0 Å². The van der Waals surface area contributed by atoms with Crippen LogP contribution in [0, 0.1) is 0 Å². The third-order valence-electron chi connectivity index (χ3n) is 1.41. The van der Waals surface area contributed by atoms with Crippen molar-refractivity contribution in [3.63, 3.8) is 0 Å². The molecule has 0 saturated carbocycles. The number of ether oxygens (including phenoxy) is 1. The monoisotopic (exact) mass is 148 g/mol. The van der Waals surface area contributed by atoms with E-state index in [9.17, 15) is 0 Å². The average molecular weight is 148 g/mol. The van der Waals surface area contributed by atoms with Gasteiger partial charge in [-0.25, -0.2) is 4.98 Å². The molecule has 0 amide bonds. The Bertz CT molecular complexity index is 210. The lowest BCUT2D eigenvalue weighted by Crippen LogP contribution is -2.12. The summed E-state index contributed by atoms with van der Waals surface area (Å²) < 4.78 is 4.92. The molecule has 57 valence electrons. The van der Waals surface area contributed by atoms with Gasteiger partial charge >= 0.3 is 0 Å². The molecule has 1 aromatic rings. The Kier molecular flexibility index (Phi) is 2.96. The summed E-state index contributed by atoms with van der Waals surface area (Å²) >= 11 is 0. The minimum absolute atomic E-state index is 0.665. The standard InChI is InChI=1S/C8H11BNO/c1-3-9-7-4-5-8(11-2)10-6-7/h4-6H,3H2,1-2H3. The number of hydrogen-bond acceptors (Lipinski definition) is 2. The first-order chi connectivity index (χ1) is 5.36. The van der Waals surface area contributed by atoms with Gasteiger partial charge in [-0.15, -0.1) is 0 Å². The number of rotatable bonds is 3. The normalized spacial score (nSPS) is 9.27. The van der Waals surface area contributed by atoms with Crippen LogP contribution in [0.4, 0.5) is 0 Å². The van der Waals surface area contributed by atoms with Crippen LogP contribution in [0.3, 0.4) is 0 Å². The minimum atomic E-state index is 0.665. The van der Waals surface area contributed by atoms with Crippen molar-refractivity contribution >= 4 is 12.7 Å². The van der Waals surface area contributed by atoms with Crippen LogP contribution in [0.25, 0.3) is 0 Å². The lowest BCUT2D eigenvalue weighted by molar-refractivity contribution is 0.398. The molecule has 1 rings (SSSR count). The first-order valence-electron chi connectivity index (χ1n) is 3.70. The molecule has 0 aliphatic heterocycles. The molecule has 0 aromatic carbocycles. The van der Waals surface area contributed by atoms with Crippen molar-refractivity contribution < 1.29 is 4.74 Å². The first-order valence-corrected chi connectivity index (χ1v) is 3.70. The van der Waals surface area contributed by atoms with Crippen molar-refractivity contribution in [1.29, 1.82) is 0 Å². The summed E-state index contributed by atoms with van der Waals surface area (Å²) in [5.41, 5.74) is 1.15. The summed E-state index contributed by atoms with van der Waals surface area (Å²) in [6.07, 6.45) is 2.84. The van der Waals surface area contributed by atoms with Crippen LogP contribution in [-0.4, -0.2) is 19.4 Å². The van der Waals surface area contributed by atoms with E-state index in [1.54, 1.807) is 7.11 Å². The molecule has 1 aromatic heterocycles. The Balaban J connectivity index is 2.66. The zero-order valence-corrected chi connectivity index (χ0v) is 6.87. The van der Waals surface area contributed by atoms with Crippen LogP contribution in [-0.2, 0) is 0 Å². The van der Waals surface area contributed by atoms with Gasteiger partial charge in [0.1, 0.15) is 0 Å². The molecule has 0 aliphatic rings. The van der Waals surface area contributed by atoms with Gasteiger partial charge in [-0.1, -0.05) is 24.8 Å². The zero-order chi connectivity index (χ0) is 8.10. The van der Waals surface area contributed by atoms with Crippen LogP contribution in [0.2, 0.25) is 6.32 Å². The molecule has 0 N–H and O–H groups in total. The Morgan fingerprint density at radius 1 is 1.55 bits per heavy atom.